The molecule has 0 bridgehead atoms. The smallest absolute Gasteiger partial charge is 0.365 e. The first-order valence-electron chi connectivity index (χ1n) is 3.89. The Morgan fingerprint density at radius 3 is 2.54 bits per heavy atom. The van der Waals surface area contributed by atoms with Gasteiger partial charge in [-0.15, -0.1) is 0 Å². The Labute approximate surface area is 74.5 Å². The molecule has 1 heterocycles. The molecule has 1 aliphatic rings. The molecule has 0 radical (unpaired) electrons. The van der Waals surface area contributed by atoms with E-state index in [1.807, 2.05) is 0 Å². The number of rotatable bonds is 2. The van der Waals surface area contributed by atoms with Gasteiger partial charge in [-0.2, -0.15) is 13.2 Å². The van der Waals surface area contributed by atoms with Crippen LogP contribution < -0.4 is 5.73 Å². The van der Waals surface area contributed by atoms with E-state index in [9.17, 15) is 13.2 Å². The van der Waals surface area contributed by atoms with Crippen molar-refractivity contribution in [2.75, 3.05) is 19.6 Å². The number of halogens is 3. The van der Waals surface area contributed by atoms with Gasteiger partial charge in [0.05, 0.1) is 0 Å². The molecule has 74 valence electrons. The molecule has 13 heavy (non-hydrogen) atoms. The maximum absolute atomic E-state index is 11.9. The Morgan fingerprint density at radius 1 is 1.46 bits per heavy atom. The number of nitrogens with two attached hydrogens (primary N) is 1. The van der Waals surface area contributed by atoms with Crippen LogP contribution in [0.4, 0.5) is 13.2 Å². The summed E-state index contributed by atoms with van der Waals surface area (Å²) in [7, 11) is 0. The summed E-state index contributed by atoms with van der Waals surface area (Å²) in [6.45, 7) is -0.253. The van der Waals surface area contributed by atoms with Crippen molar-refractivity contribution in [2.45, 2.75) is 6.18 Å². The van der Waals surface area contributed by atoms with Crippen LogP contribution >= 0.6 is 0 Å². The first-order chi connectivity index (χ1) is 6.01. The van der Waals surface area contributed by atoms with Gasteiger partial charge in [0.25, 0.3) is 0 Å². The van der Waals surface area contributed by atoms with E-state index in [1.165, 1.54) is 11.1 Å². The summed E-state index contributed by atoms with van der Waals surface area (Å²) in [5, 5.41) is 0. The highest BCUT2D eigenvalue weighted by Gasteiger charge is 2.29. The van der Waals surface area contributed by atoms with Gasteiger partial charge in [-0.3, -0.25) is 0 Å². The normalized spacial score (nSPS) is 17.5. The first-order valence-corrected chi connectivity index (χ1v) is 3.89. The topological polar surface area (TPSA) is 29.3 Å². The van der Waals surface area contributed by atoms with Gasteiger partial charge in [-0.1, -0.05) is 6.08 Å². The van der Waals surface area contributed by atoms with Crippen molar-refractivity contribution in [1.29, 1.82) is 0 Å². The molecule has 0 unspecified atom stereocenters. The second-order valence-corrected chi connectivity index (χ2v) is 2.84. The van der Waals surface area contributed by atoms with Crippen molar-refractivity contribution >= 4 is 0 Å². The van der Waals surface area contributed by atoms with Gasteiger partial charge in [0, 0.05) is 19.3 Å². The Bertz CT molecular complexity index is 230. The van der Waals surface area contributed by atoms with Crippen LogP contribution in [0.25, 0.3) is 0 Å². The molecule has 0 aromatic rings. The molecule has 0 spiro atoms. The molecule has 0 atom stereocenters. The van der Waals surface area contributed by atoms with E-state index in [-0.39, 0.29) is 6.54 Å². The molecular formula is C8H11F3N2. The monoisotopic (exact) mass is 192 g/mol. The van der Waals surface area contributed by atoms with Crippen molar-refractivity contribution in [2.24, 2.45) is 5.73 Å². The fourth-order valence-electron chi connectivity index (χ4n) is 1.06. The zero-order valence-electron chi connectivity index (χ0n) is 7.01. The Hall–Kier alpha value is -0.970. The van der Waals surface area contributed by atoms with Gasteiger partial charge < -0.3 is 10.6 Å². The SMILES string of the molecule is NCC1=CCN(CC(F)(F)F)C=C1. The Balaban J connectivity index is 2.44. The molecule has 2 N–H and O–H groups in total. The van der Waals surface area contributed by atoms with E-state index < -0.39 is 12.7 Å². The van der Waals surface area contributed by atoms with Gasteiger partial charge >= 0.3 is 6.18 Å². The lowest BCUT2D eigenvalue weighted by molar-refractivity contribution is -0.139. The van der Waals surface area contributed by atoms with Gasteiger partial charge in [0.2, 0.25) is 0 Å². The minimum atomic E-state index is -4.14. The molecule has 0 aromatic carbocycles. The minimum absolute atomic E-state index is 0.280. The van der Waals surface area contributed by atoms with Crippen LogP contribution in [-0.2, 0) is 0 Å². The third-order valence-corrected chi connectivity index (χ3v) is 1.71. The lowest BCUT2D eigenvalue weighted by Gasteiger charge is -2.23. The highest BCUT2D eigenvalue weighted by Crippen LogP contribution is 2.18. The van der Waals surface area contributed by atoms with Crippen LogP contribution in [0.3, 0.4) is 0 Å². The standard InChI is InChI=1S/C8H11F3N2/c9-8(10,11)6-13-3-1-7(5-12)2-4-13/h1-3H,4-6,12H2. The highest BCUT2D eigenvalue weighted by molar-refractivity contribution is 5.23. The minimum Gasteiger partial charge on any atom is -0.365 e. The summed E-state index contributed by atoms with van der Waals surface area (Å²) in [5.41, 5.74) is 6.19. The molecule has 1 rings (SSSR count). The highest BCUT2D eigenvalue weighted by atomic mass is 19.4. The van der Waals surface area contributed by atoms with Crippen molar-refractivity contribution in [3.63, 3.8) is 0 Å². The average molecular weight is 192 g/mol. The maximum atomic E-state index is 11.9. The van der Waals surface area contributed by atoms with E-state index >= 15 is 0 Å². The van der Waals surface area contributed by atoms with Gasteiger partial charge in [0.15, 0.2) is 0 Å². The zero-order chi connectivity index (χ0) is 9.90. The van der Waals surface area contributed by atoms with Crippen LogP contribution in [0.1, 0.15) is 0 Å². The van der Waals surface area contributed by atoms with Gasteiger partial charge in [0.1, 0.15) is 6.54 Å². The summed E-state index contributed by atoms with van der Waals surface area (Å²) in [5.74, 6) is 0. The number of hydrogen-bond acceptors (Lipinski definition) is 2. The third-order valence-electron chi connectivity index (χ3n) is 1.71. The van der Waals surface area contributed by atoms with Crippen molar-refractivity contribution in [3.8, 4) is 0 Å². The second kappa shape index (κ2) is 3.83. The molecule has 0 aromatic heterocycles. The largest absolute Gasteiger partial charge is 0.405 e. The van der Waals surface area contributed by atoms with Crippen LogP contribution in [0, 0.1) is 0 Å². The Morgan fingerprint density at radius 2 is 2.15 bits per heavy atom. The summed E-state index contributed by atoms with van der Waals surface area (Å²) in [6.07, 6.45) is 0.592. The van der Waals surface area contributed by atoms with Crippen molar-refractivity contribution in [1.82, 2.24) is 4.90 Å². The molecular weight excluding hydrogens is 181 g/mol. The molecule has 5 heteroatoms. The lowest BCUT2D eigenvalue weighted by atomic mass is 10.2. The van der Waals surface area contributed by atoms with Gasteiger partial charge in [-0.05, 0) is 11.6 Å². The number of alkyl halides is 3. The molecule has 2 nitrogen and oxygen atoms in total. The zero-order valence-corrected chi connectivity index (χ0v) is 7.01. The summed E-state index contributed by atoms with van der Waals surface area (Å²) < 4.78 is 35.7. The molecule has 0 saturated heterocycles. The fourth-order valence-corrected chi connectivity index (χ4v) is 1.06. The van der Waals surface area contributed by atoms with Crippen LogP contribution in [0.15, 0.2) is 23.9 Å². The molecule has 0 fully saturated rings. The molecule has 0 aliphatic carbocycles. The quantitative estimate of drug-likeness (QED) is 0.713. The van der Waals surface area contributed by atoms with E-state index in [2.05, 4.69) is 0 Å². The average Bonchev–Trinajstić information content (AvgIpc) is 2.03. The molecule has 1 aliphatic heterocycles. The summed E-state index contributed by atoms with van der Waals surface area (Å²) in [6, 6.07) is 0. The van der Waals surface area contributed by atoms with E-state index in [4.69, 9.17) is 5.73 Å². The van der Waals surface area contributed by atoms with E-state index in [0.29, 0.717) is 6.54 Å². The second-order valence-electron chi connectivity index (χ2n) is 2.84. The number of hydrogen-bond donors (Lipinski definition) is 1. The summed E-state index contributed by atoms with van der Waals surface area (Å²) >= 11 is 0. The van der Waals surface area contributed by atoms with E-state index in [0.717, 1.165) is 5.57 Å². The maximum Gasteiger partial charge on any atom is 0.405 e. The van der Waals surface area contributed by atoms with Crippen LogP contribution in [0.5, 0.6) is 0 Å². The molecule has 0 amide bonds. The molecule has 0 saturated carbocycles. The van der Waals surface area contributed by atoms with Crippen LogP contribution in [0.2, 0.25) is 0 Å². The predicted octanol–water partition coefficient (Wildman–Crippen LogP) is 1.26. The lowest BCUT2D eigenvalue weighted by Crippen LogP contribution is -2.31. The summed E-state index contributed by atoms with van der Waals surface area (Å²) in [4.78, 5) is 1.19. The van der Waals surface area contributed by atoms with Crippen molar-refractivity contribution < 1.29 is 13.2 Å². The predicted molar refractivity (Wildman–Crippen MR) is 43.9 cm³/mol. The van der Waals surface area contributed by atoms with Gasteiger partial charge in [-0.25, -0.2) is 0 Å². The van der Waals surface area contributed by atoms with Crippen molar-refractivity contribution in [3.05, 3.63) is 23.9 Å². The fraction of sp³-hybridized carbons (Fsp3) is 0.500. The third kappa shape index (κ3) is 3.50. The first kappa shape index (κ1) is 10.1. The van der Waals surface area contributed by atoms with Crippen LogP contribution in [-0.4, -0.2) is 30.7 Å². The number of nitrogens with zero attached hydrogens (tertiary/aromatic N) is 1. The Kier molecular flexibility index (Phi) is 2.98. The van der Waals surface area contributed by atoms with E-state index in [1.54, 1.807) is 12.2 Å².